The summed E-state index contributed by atoms with van der Waals surface area (Å²) in [7, 11) is 1.70. The highest BCUT2D eigenvalue weighted by atomic mass is 16.5. The van der Waals surface area contributed by atoms with E-state index in [0.717, 1.165) is 55.2 Å². The summed E-state index contributed by atoms with van der Waals surface area (Å²) < 4.78 is 5.40. The molecule has 0 saturated carbocycles. The Balaban J connectivity index is 1.88. The maximum Gasteiger partial charge on any atom is 0.154 e. The molecule has 6 nitrogen and oxygen atoms in total. The van der Waals surface area contributed by atoms with E-state index in [2.05, 4.69) is 24.0 Å². The predicted octanol–water partition coefficient (Wildman–Crippen LogP) is 6.29. The summed E-state index contributed by atoms with van der Waals surface area (Å²) >= 11 is 0. The first-order valence-electron chi connectivity index (χ1n) is 11.4. The first-order valence-corrected chi connectivity index (χ1v) is 11.4. The van der Waals surface area contributed by atoms with Gasteiger partial charge in [-0.05, 0) is 60.4 Å². The zero-order valence-electron chi connectivity index (χ0n) is 19.7. The molecule has 6 heteroatoms. The molecule has 2 N–H and O–H groups in total. The number of hydrogen-bond acceptors (Lipinski definition) is 4. The van der Waals surface area contributed by atoms with Gasteiger partial charge >= 0.3 is 0 Å². The standard InChI is InChI=1S/C27H33N5O/c1-4-6-8-27(32-18-21-11-14-25(33-3)15-22(21)19-32)31-26(7-5-2)30-24-12-9-20(10-13-24)23(16-28)17-29/h5,7,9-17,23,28-29H,4,6,8,18-19H2,1-3H3/b7-5-,28-16?,29-17?,30-26?,31-27?. The number of nitrogens with one attached hydrogen (secondary N) is 2. The minimum Gasteiger partial charge on any atom is -0.497 e. The maximum atomic E-state index is 7.46. The smallest absolute Gasteiger partial charge is 0.154 e. The summed E-state index contributed by atoms with van der Waals surface area (Å²) in [6.45, 7) is 5.83. The van der Waals surface area contributed by atoms with E-state index in [0.29, 0.717) is 5.84 Å². The number of methoxy groups -OCH3 is 1. The van der Waals surface area contributed by atoms with Crippen molar-refractivity contribution in [1.82, 2.24) is 4.90 Å². The molecule has 0 radical (unpaired) electrons. The summed E-state index contributed by atoms with van der Waals surface area (Å²) in [4.78, 5) is 12.1. The second kappa shape index (κ2) is 11.9. The van der Waals surface area contributed by atoms with Crippen LogP contribution in [0.5, 0.6) is 5.75 Å². The van der Waals surface area contributed by atoms with Gasteiger partial charge in [0.25, 0.3) is 0 Å². The number of rotatable bonds is 9. The molecule has 0 aliphatic carbocycles. The van der Waals surface area contributed by atoms with Crippen LogP contribution in [0.3, 0.4) is 0 Å². The molecule has 0 unspecified atom stereocenters. The number of nitrogens with zero attached hydrogens (tertiary/aromatic N) is 3. The van der Waals surface area contributed by atoms with Crippen LogP contribution in [-0.2, 0) is 13.1 Å². The average molecular weight is 444 g/mol. The number of allylic oxidation sites excluding steroid dienone is 1. The first-order chi connectivity index (χ1) is 16.1. The Hall–Kier alpha value is -3.54. The number of unbranched alkanes of at least 4 members (excludes halogenated alkanes) is 1. The molecule has 0 bridgehead atoms. The van der Waals surface area contributed by atoms with E-state index in [1.807, 2.05) is 49.4 Å². The molecule has 0 aromatic heterocycles. The fraction of sp³-hybridized carbons (Fsp3) is 0.333. The Labute approximate surface area is 196 Å². The lowest BCUT2D eigenvalue weighted by molar-refractivity contribution is 0.413. The molecule has 0 saturated heterocycles. The second-order valence-electron chi connectivity index (χ2n) is 8.04. The molecule has 1 aliphatic heterocycles. The van der Waals surface area contributed by atoms with Crippen LogP contribution in [0.1, 0.15) is 55.7 Å². The van der Waals surface area contributed by atoms with Gasteiger partial charge in [0.1, 0.15) is 11.6 Å². The molecule has 0 atom stereocenters. The van der Waals surface area contributed by atoms with Crippen molar-refractivity contribution in [2.24, 2.45) is 9.98 Å². The van der Waals surface area contributed by atoms with Crippen molar-refractivity contribution in [1.29, 1.82) is 10.8 Å². The molecule has 3 rings (SSSR count). The van der Waals surface area contributed by atoms with Crippen molar-refractivity contribution < 1.29 is 4.74 Å². The molecule has 0 fully saturated rings. The summed E-state index contributed by atoms with van der Waals surface area (Å²) in [5.41, 5.74) is 4.30. The summed E-state index contributed by atoms with van der Waals surface area (Å²) in [5.74, 6) is 2.30. The largest absolute Gasteiger partial charge is 0.497 e. The third-order valence-electron chi connectivity index (χ3n) is 5.69. The van der Waals surface area contributed by atoms with Crippen LogP contribution < -0.4 is 4.74 Å². The summed E-state index contributed by atoms with van der Waals surface area (Å²) in [6.07, 6.45) is 9.50. The minimum absolute atomic E-state index is 0.299. The summed E-state index contributed by atoms with van der Waals surface area (Å²) in [6, 6.07) is 13.9. The van der Waals surface area contributed by atoms with Gasteiger partial charge in [0, 0.05) is 31.9 Å². The zero-order chi connectivity index (χ0) is 23.6. The van der Waals surface area contributed by atoms with Gasteiger partial charge in [0.05, 0.1) is 18.7 Å². The van der Waals surface area contributed by atoms with Crippen LogP contribution in [0.2, 0.25) is 0 Å². The van der Waals surface area contributed by atoms with Crippen LogP contribution in [-0.4, -0.2) is 36.1 Å². The van der Waals surface area contributed by atoms with E-state index < -0.39 is 0 Å². The molecule has 33 heavy (non-hydrogen) atoms. The highest BCUT2D eigenvalue weighted by Crippen LogP contribution is 2.28. The van der Waals surface area contributed by atoms with Crippen molar-refractivity contribution in [3.05, 3.63) is 71.3 Å². The Bertz CT molecular complexity index is 1040. The maximum absolute atomic E-state index is 7.46. The molecule has 172 valence electrons. The number of aliphatic imine (C=N–C) groups is 2. The van der Waals surface area contributed by atoms with Crippen LogP contribution in [0.15, 0.2) is 64.6 Å². The van der Waals surface area contributed by atoms with Crippen LogP contribution in [0.4, 0.5) is 5.69 Å². The third kappa shape index (κ3) is 6.25. The van der Waals surface area contributed by atoms with E-state index in [9.17, 15) is 0 Å². The minimum atomic E-state index is -0.299. The van der Waals surface area contributed by atoms with E-state index in [-0.39, 0.29) is 5.92 Å². The van der Waals surface area contributed by atoms with E-state index in [4.69, 9.17) is 25.5 Å². The Morgan fingerprint density at radius 2 is 1.82 bits per heavy atom. The third-order valence-corrected chi connectivity index (χ3v) is 5.69. The normalized spacial score (nSPS) is 14.9. The molecular weight excluding hydrogens is 410 g/mol. The number of amidine groups is 2. The topological polar surface area (TPSA) is 84.9 Å². The monoisotopic (exact) mass is 443 g/mol. The van der Waals surface area contributed by atoms with E-state index >= 15 is 0 Å². The lowest BCUT2D eigenvalue weighted by atomic mass is 10.0. The van der Waals surface area contributed by atoms with Gasteiger partial charge in [-0.25, -0.2) is 9.98 Å². The van der Waals surface area contributed by atoms with Crippen LogP contribution >= 0.6 is 0 Å². The van der Waals surface area contributed by atoms with Crippen LogP contribution in [0.25, 0.3) is 0 Å². The zero-order valence-corrected chi connectivity index (χ0v) is 19.7. The van der Waals surface area contributed by atoms with Gasteiger partial charge in [-0.3, -0.25) is 0 Å². The lowest BCUT2D eigenvalue weighted by Crippen LogP contribution is -2.26. The quantitative estimate of drug-likeness (QED) is 0.353. The van der Waals surface area contributed by atoms with E-state index in [1.54, 1.807) is 7.11 Å². The highest BCUT2D eigenvalue weighted by Gasteiger charge is 2.22. The van der Waals surface area contributed by atoms with Crippen molar-refractivity contribution in [3.8, 4) is 5.75 Å². The number of benzene rings is 2. The Morgan fingerprint density at radius 3 is 2.45 bits per heavy atom. The lowest BCUT2D eigenvalue weighted by Gasteiger charge is -2.20. The first kappa shape index (κ1) is 24.1. The molecule has 0 amide bonds. The van der Waals surface area contributed by atoms with Crippen molar-refractivity contribution >= 4 is 29.8 Å². The van der Waals surface area contributed by atoms with Gasteiger partial charge in [0.2, 0.25) is 0 Å². The molecule has 2 aromatic rings. The average Bonchev–Trinajstić information content (AvgIpc) is 3.26. The van der Waals surface area contributed by atoms with Gasteiger partial charge in [-0.1, -0.05) is 37.6 Å². The Kier molecular flexibility index (Phi) is 8.70. The molecular formula is C27H33N5O. The molecule has 2 aromatic carbocycles. The van der Waals surface area contributed by atoms with E-state index in [1.165, 1.54) is 23.6 Å². The fourth-order valence-corrected chi connectivity index (χ4v) is 3.82. The van der Waals surface area contributed by atoms with Crippen molar-refractivity contribution in [2.45, 2.75) is 52.1 Å². The molecule has 0 spiro atoms. The molecule has 1 heterocycles. The Morgan fingerprint density at radius 1 is 1.09 bits per heavy atom. The van der Waals surface area contributed by atoms with Gasteiger partial charge in [-0.15, -0.1) is 0 Å². The van der Waals surface area contributed by atoms with Crippen molar-refractivity contribution in [3.63, 3.8) is 0 Å². The second-order valence-corrected chi connectivity index (χ2v) is 8.04. The fourth-order valence-electron chi connectivity index (χ4n) is 3.82. The number of hydrogen-bond donors (Lipinski definition) is 2. The predicted molar refractivity (Wildman–Crippen MR) is 138 cm³/mol. The number of ether oxygens (including phenoxy) is 1. The summed E-state index contributed by atoms with van der Waals surface area (Å²) in [5, 5.41) is 14.9. The van der Waals surface area contributed by atoms with Crippen molar-refractivity contribution in [2.75, 3.05) is 7.11 Å². The number of fused-ring (bicyclic) bond motifs is 1. The molecule has 1 aliphatic rings. The van der Waals surface area contributed by atoms with Gasteiger partial charge in [0.15, 0.2) is 5.84 Å². The highest BCUT2D eigenvalue weighted by molar-refractivity contribution is 6.04. The van der Waals surface area contributed by atoms with Gasteiger partial charge in [-0.2, -0.15) is 0 Å². The van der Waals surface area contributed by atoms with Crippen LogP contribution in [0, 0.1) is 10.8 Å². The van der Waals surface area contributed by atoms with Gasteiger partial charge < -0.3 is 20.5 Å². The SMILES string of the molecule is C/C=C\C(=Nc1ccc(C(C=N)C=N)cc1)N=C(CCCC)N1Cc2ccc(OC)cc2C1.